The number of esters is 1. The molecule has 1 aliphatic rings. The van der Waals surface area contributed by atoms with Gasteiger partial charge in [-0.2, -0.15) is 0 Å². The molecule has 0 heterocycles. The first-order chi connectivity index (χ1) is 9.60. The van der Waals surface area contributed by atoms with Crippen molar-refractivity contribution in [3.05, 3.63) is 28.5 Å². The number of hydrogen-bond acceptors (Lipinski definition) is 2. The van der Waals surface area contributed by atoms with Crippen molar-refractivity contribution in [1.82, 2.24) is 0 Å². The zero-order valence-electron chi connectivity index (χ0n) is 11.7. The van der Waals surface area contributed by atoms with Crippen molar-refractivity contribution in [2.45, 2.75) is 45.4 Å². The van der Waals surface area contributed by atoms with Gasteiger partial charge in [0.1, 0.15) is 0 Å². The van der Waals surface area contributed by atoms with Gasteiger partial charge in [-0.1, -0.05) is 35.7 Å². The Balaban J connectivity index is 1.89. The molecular formula is C16H20BrFO2. The maximum Gasteiger partial charge on any atom is 0.314 e. The van der Waals surface area contributed by atoms with E-state index in [2.05, 4.69) is 22.9 Å². The van der Waals surface area contributed by atoms with Crippen LogP contribution in [0.15, 0.2) is 22.7 Å². The van der Waals surface area contributed by atoms with Gasteiger partial charge in [-0.15, -0.1) is 0 Å². The minimum atomic E-state index is -0.507. The summed E-state index contributed by atoms with van der Waals surface area (Å²) < 4.78 is 19.5. The fraction of sp³-hybridized carbons (Fsp3) is 0.562. The molecule has 0 spiro atoms. The molecule has 1 aromatic carbocycles. The monoisotopic (exact) mass is 342 g/mol. The van der Waals surface area contributed by atoms with Crippen LogP contribution in [0.25, 0.3) is 0 Å². The van der Waals surface area contributed by atoms with Gasteiger partial charge in [0.2, 0.25) is 0 Å². The molecule has 0 atom stereocenters. The van der Waals surface area contributed by atoms with Gasteiger partial charge in [0.25, 0.3) is 0 Å². The lowest BCUT2D eigenvalue weighted by atomic mass is 9.80. The van der Waals surface area contributed by atoms with Crippen LogP contribution in [-0.4, -0.2) is 5.97 Å². The van der Waals surface area contributed by atoms with Crippen LogP contribution >= 0.6 is 15.9 Å². The lowest BCUT2D eigenvalue weighted by Crippen LogP contribution is -2.25. The van der Waals surface area contributed by atoms with Crippen LogP contribution in [0.1, 0.15) is 45.4 Å². The van der Waals surface area contributed by atoms with Gasteiger partial charge in [-0.3, -0.25) is 4.79 Å². The number of carbonyl (C=O) groups is 1. The van der Waals surface area contributed by atoms with E-state index in [-0.39, 0.29) is 17.6 Å². The predicted molar refractivity (Wildman–Crippen MR) is 80.1 cm³/mol. The predicted octanol–water partition coefficient (Wildman–Crippen LogP) is 5.10. The molecule has 2 nitrogen and oxygen atoms in total. The minimum Gasteiger partial charge on any atom is -0.423 e. The first kappa shape index (κ1) is 15.5. The third-order valence-electron chi connectivity index (χ3n) is 3.98. The number of carbonyl (C=O) groups excluding carboxylic acids is 1. The SMILES string of the molecule is CCCC1CCC(C(=O)Oc2ccc(Br)cc2F)CC1. The van der Waals surface area contributed by atoms with Crippen LogP contribution in [0, 0.1) is 17.7 Å². The molecule has 0 unspecified atom stereocenters. The molecule has 0 amide bonds. The Morgan fingerprint density at radius 2 is 2.05 bits per heavy atom. The Bertz CT molecular complexity index is 468. The van der Waals surface area contributed by atoms with Gasteiger partial charge in [0, 0.05) is 4.47 Å². The molecule has 0 aliphatic heterocycles. The second kappa shape index (κ2) is 7.21. The molecular weight excluding hydrogens is 323 g/mol. The van der Waals surface area contributed by atoms with Crippen LogP contribution in [0.2, 0.25) is 0 Å². The highest BCUT2D eigenvalue weighted by Crippen LogP contribution is 2.33. The summed E-state index contributed by atoms with van der Waals surface area (Å²) in [7, 11) is 0. The van der Waals surface area contributed by atoms with Gasteiger partial charge in [0.15, 0.2) is 11.6 Å². The Labute approximate surface area is 127 Å². The maximum absolute atomic E-state index is 13.6. The lowest BCUT2D eigenvalue weighted by molar-refractivity contribution is -0.140. The Morgan fingerprint density at radius 3 is 2.65 bits per heavy atom. The third-order valence-corrected chi connectivity index (χ3v) is 4.47. The van der Waals surface area contributed by atoms with E-state index in [4.69, 9.17) is 4.74 Å². The third kappa shape index (κ3) is 4.05. The summed E-state index contributed by atoms with van der Waals surface area (Å²) in [4.78, 5) is 12.1. The van der Waals surface area contributed by atoms with E-state index in [9.17, 15) is 9.18 Å². The maximum atomic E-state index is 13.6. The van der Waals surface area contributed by atoms with Crippen LogP contribution in [0.5, 0.6) is 5.75 Å². The highest BCUT2D eigenvalue weighted by Gasteiger charge is 2.27. The quantitative estimate of drug-likeness (QED) is 0.562. The molecule has 110 valence electrons. The molecule has 0 radical (unpaired) electrons. The first-order valence-electron chi connectivity index (χ1n) is 7.27. The largest absolute Gasteiger partial charge is 0.423 e. The molecule has 1 aromatic rings. The average molecular weight is 343 g/mol. The zero-order valence-corrected chi connectivity index (χ0v) is 13.3. The summed E-state index contributed by atoms with van der Waals surface area (Å²) >= 11 is 3.18. The fourth-order valence-corrected chi connectivity index (χ4v) is 3.18. The van der Waals surface area contributed by atoms with Gasteiger partial charge in [-0.05, 0) is 49.8 Å². The molecule has 0 bridgehead atoms. The molecule has 1 aliphatic carbocycles. The van der Waals surface area contributed by atoms with Crippen molar-refractivity contribution in [2.24, 2.45) is 11.8 Å². The van der Waals surface area contributed by atoms with Gasteiger partial charge < -0.3 is 4.74 Å². The molecule has 4 heteroatoms. The van der Waals surface area contributed by atoms with Crippen LogP contribution in [0.4, 0.5) is 4.39 Å². The first-order valence-corrected chi connectivity index (χ1v) is 8.06. The van der Waals surface area contributed by atoms with E-state index in [1.54, 1.807) is 6.07 Å². The average Bonchev–Trinajstić information content (AvgIpc) is 2.43. The number of rotatable bonds is 4. The van der Waals surface area contributed by atoms with E-state index in [0.717, 1.165) is 31.6 Å². The normalized spacial score (nSPS) is 22.6. The highest BCUT2D eigenvalue weighted by molar-refractivity contribution is 9.10. The molecule has 20 heavy (non-hydrogen) atoms. The summed E-state index contributed by atoms with van der Waals surface area (Å²) in [6.07, 6.45) is 6.32. The molecule has 0 N–H and O–H groups in total. The second-order valence-electron chi connectivity index (χ2n) is 5.50. The van der Waals surface area contributed by atoms with Crippen molar-refractivity contribution in [3.63, 3.8) is 0 Å². The minimum absolute atomic E-state index is 0.0221. The van der Waals surface area contributed by atoms with Crippen LogP contribution in [0.3, 0.4) is 0 Å². The van der Waals surface area contributed by atoms with E-state index < -0.39 is 5.82 Å². The molecule has 0 saturated heterocycles. The van der Waals surface area contributed by atoms with Crippen LogP contribution < -0.4 is 4.74 Å². The number of ether oxygens (including phenoxy) is 1. The summed E-state index contributed by atoms with van der Waals surface area (Å²) in [5.41, 5.74) is 0. The molecule has 2 rings (SSSR count). The van der Waals surface area contributed by atoms with Gasteiger partial charge >= 0.3 is 5.97 Å². The lowest BCUT2D eigenvalue weighted by Gasteiger charge is -2.26. The molecule has 1 fully saturated rings. The van der Waals surface area contributed by atoms with Crippen molar-refractivity contribution in [1.29, 1.82) is 0 Å². The highest BCUT2D eigenvalue weighted by atomic mass is 79.9. The standard InChI is InChI=1S/C16H20BrFO2/c1-2-3-11-4-6-12(7-5-11)16(19)20-15-9-8-13(17)10-14(15)18/h8-12H,2-7H2,1H3. The van der Waals surface area contributed by atoms with Crippen molar-refractivity contribution < 1.29 is 13.9 Å². The molecule has 1 saturated carbocycles. The number of hydrogen-bond donors (Lipinski definition) is 0. The summed E-state index contributed by atoms with van der Waals surface area (Å²) in [5.74, 6) is -0.109. The van der Waals surface area contributed by atoms with Crippen LogP contribution in [-0.2, 0) is 4.79 Å². The number of halogens is 2. The van der Waals surface area contributed by atoms with Crippen molar-refractivity contribution >= 4 is 21.9 Å². The summed E-state index contributed by atoms with van der Waals surface area (Å²) in [6, 6.07) is 4.46. The van der Waals surface area contributed by atoms with Gasteiger partial charge in [0.05, 0.1) is 5.92 Å². The summed E-state index contributed by atoms with van der Waals surface area (Å²) in [6.45, 7) is 2.19. The van der Waals surface area contributed by atoms with Crippen molar-refractivity contribution in [3.8, 4) is 5.75 Å². The number of benzene rings is 1. The topological polar surface area (TPSA) is 26.3 Å². The Kier molecular flexibility index (Phi) is 5.58. The van der Waals surface area contributed by atoms with E-state index >= 15 is 0 Å². The van der Waals surface area contributed by atoms with Gasteiger partial charge in [-0.25, -0.2) is 4.39 Å². The molecule has 0 aromatic heterocycles. The van der Waals surface area contributed by atoms with E-state index in [0.29, 0.717) is 4.47 Å². The Hall–Kier alpha value is -0.900. The Morgan fingerprint density at radius 1 is 1.35 bits per heavy atom. The van der Waals surface area contributed by atoms with Crippen molar-refractivity contribution in [2.75, 3.05) is 0 Å². The smallest absolute Gasteiger partial charge is 0.314 e. The second-order valence-corrected chi connectivity index (χ2v) is 6.42. The fourth-order valence-electron chi connectivity index (χ4n) is 2.84. The zero-order chi connectivity index (χ0) is 14.5. The van der Waals surface area contributed by atoms with E-state index in [1.165, 1.54) is 25.0 Å². The van der Waals surface area contributed by atoms with E-state index in [1.807, 2.05) is 0 Å². The summed E-state index contributed by atoms with van der Waals surface area (Å²) in [5, 5.41) is 0.